The number of sulfonamides is 1. The summed E-state index contributed by atoms with van der Waals surface area (Å²) in [7, 11) is -3.79. The Kier molecular flexibility index (Phi) is 3.91. The van der Waals surface area contributed by atoms with Crippen LogP contribution in [0.4, 0.5) is 11.4 Å². The molecule has 0 unspecified atom stereocenters. The van der Waals surface area contributed by atoms with Crippen LogP contribution in [0, 0.1) is 6.92 Å². The third kappa shape index (κ3) is 2.92. The van der Waals surface area contributed by atoms with E-state index in [1.807, 2.05) is 0 Å². The molecule has 0 spiro atoms. The van der Waals surface area contributed by atoms with Gasteiger partial charge in [0.15, 0.2) is 11.5 Å². The van der Waals surface area contributed by atoms with Crippen molar-refractivity contribution >= 4 is 38.4 Å². The third-order valence-corrected chi connectivity index (χ3v) is 5.68. The Morgan fingerprint density at radius 1 is 1.15 bits per heavy atom. The maximum Gasteiger partial charge on any atom is 0.262 e. The topological polar surface area (TPSA) is 92.5 Å². The van der Waals surface area contributed by atoms with E-state index in [-0.39, 0.29) is 10.8 Å². The van der Waals surface area contributed by atoms with Gasteiger partial charge < -0.3 is 9.32 Å². The Hall–Kier alpha value is -2.87. The smallest absolute Gasteiger partial charge is 0.262 e. The number of aromatic nitrogens is 1. The number of amides is 1. The van der Waals surface area contributed by atoms with Crippen LogP contribution >= 0.6 is 0 Å². The number of carbonyl (C=O) groups is 1. The largest absolute Gasteiger partial charge is 0.439 e. The second-order valence-electron chi connectivity index (χ2n) is 6.14. The first-order chi connectivity index (χ1) is 12.4. The molecule has 1 saturated heterocycles. The molecule has 1 aliphatic rings. The van der Waals surface area contributed by atoms with Gasteiger partial charge in [-0.1, -0.05) is 6.07 Å². The molecule has 8 heteroatoms. The first-order valence-corrected chi connectivity index (χ1v) is 9.72. The molecule has 0 saturated carbocycles. The highest BCUT2D eigenvalue weighted by molar-refractivity contribution is 7.92. The zero-order valence-corrected chi connectivity index (χ0v) is 14.9. The van der Waals surface area contributed by atoms with Crippen LogP contribution in [0.2, 0.25) is 0 Å². The van der Waals surface area contributed by atoms with Crippen molar-refractivity contribution < 1.29 is 17.6 Å². The van der Waals surface area contributed by atoms with E-state index >= 15 is 0 Å². The molecule has 1 fully saturated rings. The van der Waals surface area contributed by atoms with Crippen LogP contribution in [0.5, 0.6) is 0 Å². The molecular formula is C18H17N3O4S. The predicted molar refractivity (Wildman–Crippen MR) is 97.6 cm³/mol. The Morgan fingerprint density at radius 3 is 2.62 bits per heavy atom. The number of aryl methyl sites for hydroxylation is 1. The van der Waals surface area contributed by atoms with Gasteiger partial charge in [0.05, 0.1) is 10.6 Å². The highest BCUT2D eigenvalue weighted by atomic mass is 32.2. The maximum atomic E-state index is 12.7. The van der Waals surface area contributed by atoms with Gasteiger partial charge in [0.1, 0.15) is 5.52 Å². The van der Waals surface area contributed by atoms with Crippen LogP contribution in [-0.2, 0) is 14.8 Å². The van der Waals surface area contributed by atoms with Crippen LogP contribution in [0.1, 0.15) is 18.7 Å². The Labute approximate surface area is 150 Å². The molecule has 3 aromatic rings. The van der Waals surface area contributed by atoms with Crippen LogP contribution in [0.3, 0.4) is 0 Å². The highest BCUT2D eigenvalue weighted by Crippen LogP contribution is 2.28. The number of rotatable bonds is 4. The average molecular weight is 371 g/mol. The van der Waals surface area contributed by atoms with Crippen molar-refractivity contribution in [1.82, 2.24) is 4.98 Å². The number of hydrogen-bond acceptors (Lipinski definition) is 5. The molecule has 2 aromatic carbocycles. The third-order valence-electron chi connectivity index (χ3n) is 4.30. The van der Waals surface area contributed by atoms with Gasteiger partial charge in [-0.2, -0.15) is 0 Å². The minimum atomic E-state index is -3.79. The minimum Gasteiger partial charge on any atom is -0.439 e. The van der Waals surface area contributed by atoms with E-state index in [1.165, 1.54) is 12.1 Å². The molecule has 0 bridgehead atoms. The fourth-order valence-corrected chi connectivity index (χ4v) is 4.13. The van der Waals surface area contributed by atoms with Crippen LogP contribution < -0.4 is 9.62 Å². The number of anilines is 2. The van der Waals surface area contributed by atoms with Crippen LogP contribution in [0.25, 0.3) is 11.1 Å². The monoisotopic (exact) mass is 371 g/mol. The second-order valence-corrected chi connectivity index (χ2v) is 7.82. The highest BCUT2D eigenvalue weighted by Gasteiger charge is 2.23. The Balaban J connectivity index is 1.63. The SMILES string of the molecule is Cc1nc2cccc(NS(=O)(=O)c3ccc(N4CCCC4=O)cc3)c2o1. The van der Waals surface area contributed by atoms with Crippen molar-refractivity contribution in [3.05, 3.63) is 48.4 Å². The molecule has 2 heterocycles. The number of fused-ring (bicyclic) bond motifs is 1. The van der Waals surface area contributed by atoms with Crippen molar-refractivity contribution in [3.8, 4) is 0 Å². The molecule has 0 atom stereocenters. The van der Waals surface area contributed by atoms with E-state index < -0.39 is 10.0 Å². The lowest BCUT2D eigenvalue weighted by Gasteiger charge is -2.16. The van der Waals surface area contributed by atoms with Gasteiger partial charge in [-0.05, 0) is 42.8 Å². The summed E-state index contributed by atoms with van der Waals surface area (Å²) in [5.41, 5.74) is 2.03. The number of carbonyl (C=O) groups excluding carboxylic acids is 1. The van der Waals surface area contributed by atoms with E-state index in [2.05, 4.69) is 9.71 Å². The van der Waals surface area contributed by atoms with Crippen molar-refractivity contribution in [1.29, 1.82) is 0 Å². The molecule has 1 N–H and O–H groups in total. The summed E-state index contributed by atoms with van der Waals surface area (Å²) in [4.78, 5) is 17.8. The summed E-state index contributed by atoms with van der Waals surface area (Å²) in [5, 5.41) is 0. The van der Waals surface area contributed by atoms with Gasteiger partial charge in [-0.25, -0.2) is 13.4 Å². The zero-order chi connectivity index (χ0) is 18.3. The van der Waals surface area contributed by atoms with Crippen LogP contribution in [-0.4, -0.2) is 25.9 Å². The van der Waals surface area contributed by atoms with E-state index in [4.69, 9.17) is 4.42 Å². The fraction of sp³-hybridized carbons (Fsp3) is 0.222. The van der Waals surface area contributed by atoms with Crippen molar-refractivity contribution in [2.45, 2.75) is 24.7 Å². The van der Waals surface area contributed by atoms with E-state index in [0.717, 1.165) is 6.42 Å². The van der Waals surface area contributed by atoms with Crippen molar-refractivity contribution in [2.75, 3.05) is 16.2 Å². The number of para-hydroxylation sites is 1. The number of benzene rings is 2. The molecule has 0 radical (unpaired) electrons. The van der Waals surface area contributed by atoms with Crippen molar-refractivity contribution in [2.24, 2.45) is 0 Å². The summed E-state index contributed by atoms with van der Waals surface area (Å²) in [6, 6.07) is 11.4. The van der Waals surface area contributed by atoms with Crippen molar-refractivity contribution in [3.63, 3.8) is 0 Å². The van der Waals surface area contributed by atoms with Gasteiger partial charge in [0.2, 0.25) is 5.91 Å². The molecule has 0 aliphatic carbocycles. The second kappa shape index (κ2) is 6.14. The average Bonchev–Trinajstić information content (AvgIpc) is 3.20. The molecule has 1 aliphatic heterocycles. The normalized spacial score (nSPS) is 15.0. The Morgan fingerprint density at radius 2 is 1.92 bits per heavy atom. The first kappa shape index (κ1) is 16.6. The lowest BCUT2D eigenvalue weighted by molar-refractivity contribution is -0.117. The van der Waals surface area contributed by atoms with E-state index in [0.29, 0.717) is 41.3 Å². The number of hydrogen-bond donors (Lipinski definition) is 1. The lowest BCUT2D eigenvalue weighted by atomic mass is 10.3. The van der Waals surface area contributed by atoms with Crippen LogP contribution in [0.15, 0.2) is 51.8 Å². The standard InChI is InChI=1S/C18H17N3O4S/c1-12-19-15-4-2-5-16(18(15)25-12)20-26(23,24)14-9-7-13(8-10-14)21-11-3-6-17(21)22/h2,4-5,7-10,20H,3,6,11H2,1H3. The molecule has 1 amide bonds. The molecule has 26 heavy (non-hydrogen) atoms. The zero-order valence-electron chi connectivity index (χ0n) is 14.1. The summed E-state index contributed by atoms with van der Waals surface area (Å²) >= 11 is 0. The summed E-state index contributed by atoms with van der Waals surface area (Å²) < 4.78 is 33.4. The molecule has 4 rings (SSSR count). The van der Waals surface area contributed by atoms with E-state index in [9.17, 15) is 13.2 Å². The van der Waals surface area contributed by atoms with E-state index in [1.54, 1.807) is 42.2 Å². The first-order valence-electron chi connectivity index (χ1n) is 8.23. The maximum absolute atomic E-state index is 12.7. The van der Waals surface area contributed by atoms with Gasteiger partial charge in [-0.3, -0.25) is 9.52 Å². The number of nitrogens with one attached hydrogen (secondary N) is 1. The fourth-order valence-electron chi connectivity index (χ4n) is 3.07. The quantitative estimate of drug-likeness (QED) is 0.761. The summed E-state index contributed by atoms with van der Waals surface area (Å²) in [6.45, 7) is 2.37. The van der Waals surface area contributed by atoms with Gasteiger partial charge in [0, 0.05) is 25.6 Å². The summed E-state index contributed by atoms with van der Waals surface area (Å²) in [5.74, 6) is 0.525. The molecule has 134 valence electrons. The lowest BCUT2D eigenvalue weighted by Crippen LogP contribution is -2.23. The molecule has 1 aromatic heterocycles. The van der Waals surface area contributed by atoms with Gasteiger partial charge in [0.25, 0.3) is 10.0 Å². The molecular weight excluding hydrogens is 354 g/mol. The number of oxazole rings is 1. The van der Waals surface area contributed by atoms with Gasteiger partial charge in [-0.15, -0.1) is 0 Å². The predicted octanol–water partition coefficient (Wildman–Crippen LogP) is 3.06. The molecule has 7 nitrogen and oxygen atoms in total. The number of nitrogens with zero attached hydrogens (tertiary/aromatic N) is 2. The van der Waals surface area contributed by atoms with Gasteiger partial charge >= 0.3 is 0 Å². The Bertz CT molecular complexity index is 1090. The minimum absolute atomic E-state index is 0.0612. The summed E-state index contributed by atoms with van der Waals surface area (Å²) in [6.07, 6.45) is 1.35.